The summed E-state index contributed by atoms with van der Waals surface area (Å²) in [6.45, 7) is 4.90. The number of hydrogen-bond donors (Lipinski definition) is 0. The van der Waals surface area contributed by atoms with Crippen molar-refractivity contribution in [3.8, 4) is 0 Å². The number of hydrogen-bond acceptors (Lipinski definition) is 4. The second-order valence-electron chi connectivity index (χ2n) is 8.46. The molecule has 1 aromatic rings. The minimum absolute atomic E-state index is 0.0287. The summed E-state index contributed by atoms with van der Waals surface area (Å²) in [5.41, 5.74) is 2.29. The Kier molecular flexibility index (Phi) is 5.91. The lowest BCUT2D eigenvalue weighted by Crippen LogP contribution is -2.49. The van der Waals surface area contributed by atoms with E-state index in [4.69, 9.17) is 0 Å². The van der Waals surface area contributed by atoms with Crippen LogP contribution in [-0.2, 0) is 24.2 Å². The summed E-state index contributed by atoms with van der Waals surface area (Å²) in [6, 6.07) is 1.79. The van der Waals surface area contributed by atoms with Gasteiger partial charge in [0, 0.05) is 45.2 Å². The molecule has 1 saturated carbocycles. The SMILES string of the molecule is O=C(CC1CCCC1)N1CCN(CCn2nc3c(cc2=O)CCCC3)CC1. The van der Waals surface area contributed by atoms with Crippen LogP contribution in [0.4, 0.5) is 0 Å². The maximum atomic E-state index is 12.5. The molecule has 0 atom stereocenters. The van der Waals surface area contributed by atoms with Crippen LogP contribution in [0.25, 0.3) is 0 Å². The average Bonchev–Trinajstić information content (AvgIpc) is 3.19. The first kappa shape index (κ1) is 18.7. The Morgan fingerprint density at radius 2 is 1.74 bits per heavy atom. The number of aromatic nitrogens is 2. The number of piperazine rings is 1. The van der Waals surface area contributed by atoms with Gasteiger partial charge in [-0.3, -0.25) is 14.5 Å². The zero-order valence-electron chi connectivity index (χ0n) is 16.4. The van der Waals surface area contributed by atoms with Crippen LogP contribution in [-0.4, -0.2) is 58.2 Å². The summed E-state index contributed by atoms with van der Waals surface area (Å²) in [4.78, 5) is 29.2. The number of nitrogens with zero attached hydrogens (tertiary/aromatic N) is 4. The van der Waals surface area contributed by atoms with Gasteiger partial charge in [0.1, 0.15) is 0 Å². The standard InChI is InChI=1S/C21H32N4O2/c26-20(15-17-5-1-2-6-17)24-12-9-23(10-13-24)11-14-25-21(27)16-18-7-3-4-8-19(18)22-25/h16-17H,1-15H2. The van der Waals surface area contributed by atoms with E-state index in [1.165, 1.54) is 38.5 Å². The molecule has 2 aliphatic carbocycles. The van der Waals surface area contributed by atoms with Crippen molar-refractivity contribution in [2.75, 3.05) is 32.7 Å². The maximum absolute atomic E-state index is 12.5. The van der Waals surface area contributed by atoms with Crippen molar-refractivity contribution in [3.63, 3.8) is 0 Å². The molecule has 0 spiro atoms. The molecule has 0 aromatic carbocycles. The summed E-state index contributed by atoms with van der Waals surface area (Å²) >= 11 is 0. The second-order valence-corrected chi connectivity index (χ2v) is 8.46. The Hall–Kier alpha value is -1.69. The molecule has 0 unspecified atom stereocenters. The maximum Gasteiger partial charge on any atom is 0.267 e. The molecule has 3 aliphatic rings. The van der Waals surface area contributed by atoms with Crippen molar-refractivity contribution in [1.29, 1.82) is 0 Å². The number of carbonyl (C=O) groups excluding carboxylic acids is 1. The quantitative estimate of drug-likeness (QED) is 0.791. The third-order valence-electron chi connectivity index (χ3n) is 6.56. The molecule has 2 fully saturated rings. The first-order chi connectivity index (χ1) is 13.2. The molecular weight excluding hydrogens is 340 g/mol. The first-order valence-electron chi connectivity index (χ1n) is 10.8. The normalized spacial score (nSPS) is 21.4. The summed E-state index contributed by atoms with van der Waals surface area (Å²) in [5.74, 6) is 0.964. The van der Waals surface area contributed by atoms with E-state index in [1.54, 1.807) is 10.7 Å². The molecule has 0 radical (unpaired) electrons. The molecular formula is C21H32N4O2. The van der Waals surface area contributed by atoms with Gasteiger partial charge in [0.05, 0.1) is 12.2 Å². The van der Waals surface area contributed by atoms with Gasteiger partial charge in [0.2, 0.25) is 5.91 Å². The third-order valence-corrected chi connectivity index (χ3v) is 6.56. The highest BCUT2D eigenvalue weighted by Crippen LogP contribution is 2.28. The van der Waals surface area contributed by atoms with Gasteiger partial charge in [0.15, 0.2) is 0 Å². The van der Waals surface area contributed by atoms with Crippen LogP contribution >= 0.6 is 0 Å². The van der Waals surface area contributed by atoms with E-state index in [2.05, 4.69) is 10.00 Å². The van der Waals surface area contributed by atoms with Crippen LogP contribution in [0, 0.1) is 5.92 Å². The van der Waals surface area contributed by atoms with Crippen molar-refractivity contribution >= 4 is 5.91 Å². The number of amides is 1. The van der Waals surface area contributed by atoms with E-state index in [0.29, 0.717) is 18.4 Å². The zero-order chi connectivity index (χ0) is 18.6. The Bertz CT molecular complexity index is 715. The molecule has 6 heteroatoms. The molecule has 6 nitrogen and oxygen atoms in total. The predicted molar refractivity (Wildman–Crippen MR) is 105 cm³/mol. The second kappa shape index (κ2) is 8.55. The fourth-order valence-corrected chi connectivity index (χ4v) is 4.81. The van der Waals surface area contributed by atoms with Crippen molar-refractivity contribution < 1.29 is 4.79 Å². The largest absolute Gasteiger partial charge is 0.340 e. The van der Waals surface area contributed by atoms with Gasteiger partial charge in [-0.15, -0.1) is 0 Å². The fraction of sp³-hybridized carbons (Fsp3) is 0.762. The highest BCUT2D eigenvalue weighted by Gasteiger charge is 2.25. The molecule has 148 valence electrons. The highest BCUT2D eigenvalue weighted by atomic mass is 16.2. The lowest BCUT2D eigenvalue weighted by Gasteiger charge is -2.35. The summed E-state index contributed by atoms with van der Waals surface area (Å²) in [5, 5.41) is 4.61. The van der Waals surface area contributed by atoms with E-state index in [0.717, 1.165) is 63.2 Å². The molecule has 2 heterocycles. The minimum atomic E-state index is 0.0287. The first-order valence-corrected chi connectivity index (χ1v) is 10.8. The molecule has 0 N–H and O–H groups in total. The van der Waals surface area contributed by atoms with Gasteiger partial charge >= 0.3 is 0 Å². The number of fused-ring (bicyclic) bond motifs is 1. The van der Waals surface area contributed by atoms with Gasteiger partial charge in [-0.2, -0.15) is 5.10 Å². The lowest BCUT2D eigenvalue weighted by atomic mass is 9.97. The van der Waals surface area contributed by atoms with Gasteiger partial charge in [-0.1, -0.05) is 12.8 Å². The Balaban J connectivity index is 1.25. The van der Waals surface area contributed by atoms with Crippen LogP contribution in [0.2, 0.25) is 0 Å². The van der Waals surface area contributed by atoms with E-state index < -0.39 is 0 Å². The Labute approximate surface area is 161 Å². The van der Waals surface area contributed by atoms with Gasteiger partial charge < -0.3 is 4.90 Å². The highest BCUT2D eigenvalue weighted by molar-refractivity contribution is 5.76. The monoisotopic (exact) mass is 372 g/mol. The number of aryl methyl sites for hydroxylation is 2. The van der Waals surface area contributed by atoms with E-state index in [1.807, 2.05) is 4.90 Å². The van der Waals surface area contributed by atoms with Crippen LogP contribution in [0.3, 0.4) is 0 Å². The van der Waals surface area contributed by atoms with Crippen molar-refractivity contribution in [2.45, 2.75) is 64.3 Å². The van der Waals surface area contributed by atoms with Gasteiger partial charge in [0.25, 0.3) is 5.56 Å². The van der Waals surface area contributed by atoms with Crippen molar-refractivity contribution in [2.24, 2.45) is 5.92 Å². The lowest BCUT2D eigenvalue weighted by molar-refractivity contribution is -0.133. The van der Waals surface area contributed by atoms with Crippen molar-refractivity contribution in [1.82, 2.24) is 19.6 Å². The van der Waals surface area contributed by atoms with E-state index in [-0.39, 0.29) is 5.56 Å². The predicted octanol–water partition coefficient (Wildman–Crippen LogP) is 1.85. The molecule has 27 heavy (non-hydrogen) atoms. The summed E-state index contributed by atoms with van der Waals surface area (Å²) < 4.78 is 1.64. The van der Waals surface area contributed by atoms with Crippen molar-refractivity contribution in [3.05, 3.63) is 27.7 Å². The van der Waals surface area contributed by atoms with Gasteiger partial charge in [-0.25, -0.2) is 4.68 Å². The molecule has 1 saturated heterocycles. The van der Waals surface area contributed by atoms with E-state index >= 15 is 0 Å². The van der Waals surface area contributed by atoms with Crippen LogP contribution < -0.4 is 5.56 Å². The molecule has 1 aromatic heterocycles. The van der Waals surface area contributed by atoms with E-state index in [9.17, 15) is 9.59 Å². The molecule has 0 bridgehead atoms. The van der Waals surface area contributed by atoms with Crippen LogP contribution in [0.15, 0.2) is 10.9 Å². The zero-order valence-corrected chi connectivity index (χ0v) is 16.4. The molecule has 1 amide bonds. The average molecular weight is 373 g/mol. The molecule has 4 rings (SSSR count). The van der Waals surface area contributed by atoms with Crippen LogP contribution in [0.5, 0.6) is 0 Å². The summed E-state index contributed by atoms with van der Waals surface area (Å²) in [7, 11) is 0. The summed E-state index contributed by atoms with van der Waals surface area (Å²) in [6.07, 6.45) is 10.1. The number of rotatable bonds is 5. The smallest absolute Gasteiger partial charge is 0.267 e. The fourth-order valence-electron chi connectivity index (χ4n) is 4.81. The Morgan fingerprint density at radius 1 is 1.00 bits per heavy atom. The minimum Gasteiger partial charge on any atom is -0.340 e. The van der Waals surface area contributed by atoms with Gasteiger partial charge in [-0.05, 0) is 50.0 Å². The Morgan fingerprint density at radius 3 is 2.52 bits per heavy atom. The number of carbonyl (C=O) groups is 1. The molecule has 1 aliphatic heterocycles. The third kappa shape index (κ3) is 4.60. The van der Waals surface area contributed by atoms with Crippen LogP contribution in [0.1, 0.15) is 56.2 Å². The topological polar surface area (TPSA) is 58.4 Å².